The van der Waals surface area contributed by atoms with E-state index in [0.29, 0.717) is 5.92 Å². The summed E-state index contributed by atoms with van der Waals surface area (Å²) in [6.07, 6.45) is 5.70. The first-order valence-corrected chi connectivity index (χ1v) is 5.69. The Balaban J connectivity index is 1.93. The number of carbonyl (C=O) groups excluding carboxylic acids is 1. The number of hydrogen-bond acceptors (Lipinski definition) is 3. The first-order valence-electron chi connectivity index (χ1n) is 5.69. The summed E-state index contributed by atoms with van der Waals surface area (Å²) < 4.78 is 0. The first-order chi connectivity index (χ1) is 7.81. The fourth-order valence-electron chi connectivity index (χ4n) is 2.23. The highest BCUT2D eigenvalue weighted by Gasteiger charge is 2.22. The molecular weight excluding hydrogens is 202 g/mol. The standard InChI is InChI=1S/C12H17N3O/c13-9-12(16)15-7-3-11(4-8-15)10-1-5-14-6-2-10/h1-2,5-6,11H,3-4,7-9,13H2. The lowest BCUT2D eigenvalue weighted by Crippen LogP contribution is -2.41. The molecule has 0 saturated carbocycles. The Morgan fingerprint density at radius 3 is 2.56 bits per heavy atom. The third-order valence-electron chi connectivity index (χ3n) is 3.20. The minimum absolute atomic E-state index is 0.0631. The minimum Gasteiger partial charge on any atom is -0.342 e. The smallest absolute Gasteiger partial charge is 0.236 e. The summed E-state index contributed by atoms with van der Waals surface area (Å²) in [4.78, 5) is 17.3. The van der Waals surface area contributed by atoms with Crippen LogP contribution in [0.15, 0.2) is 24.5 Å². The summed E-state index contributed by atoms with van der Waals surface area (Å²) in [5.41, 5.74) is 6.68. The Labute approximate surface area is 95.5 Å². The number of hydrogen-bond donors (Lipinski definition) is 1. The van der Waals surface area contributed by atoms with Gasteiger partial charge in [0, 0.05) is 25.5 Å². The molecule has 2 heterocycles. The summed E-state index contributed by atoms with van der Waals surface area (Å²) in [7, 11) is 0. The van der Waals surface area contributed by atoms with Crippen molar-refractivity contribution in [2.75, 3.05) is 19.6 Å². The van der Waals surface area contributed by atoms with E-state index in [2.05, 4.69) is 17.1 Å². The van der Waals surface area contributed by atoms with Gasteiger partial charge in [-0.25, -0.2) is 0 Å². The van der Waals surface area contributed by atoms with Crippen molar-refractivity contribution >= 4 is 5.91 Å². The van der Waals surface area contributed by atoms with Crippen LogP contribution in [-0.2, 0) is 4.79 Å². The SMILES string of the molecule is NCC(=O)N1CCC(c2ccncc2)CC1. The average Bonchev–Trinajstić information content (AvgIpc) is 2.39. The zero-order valence-electron chi connectivity index (χ0n) is 9.30. The molecule has 0 bridgehead atoms. The molecule has 1 fully saturated rings. The van der Waals surface area contributed by atoms with Crippen molar-refractivity contribution in [1.82, 2.24) is 9.88 Å². The number of carbonyl (C=O) groups is 1. The molecule has 1 aromatic rings. The van der Waals surface area contributed by atoms with Crippen LogP contribution in [-0.4, -0.2) is 35.4 Å². The van der Waals surface area contributed by atoms with Crippen LogP contribution in [0.3, 0.4) is 0 Å². The van der Waals surface area contributed by atoms with Crippen molar-refractivity contribution in [1.29, 1.82) is 0 Å². The molecule has 0 radical (unpaired) electrons. The normalized spacial score (nSPS) is 17.4. The van der Waals surface area contributed by atoms with E-state index >= 15 is 0 Å². The lowest BCUT2D eigenvalue weighted by Gasteiger charge is -2.31. The highest BCUT2D eigenvalue weighted by molar-refractivity contribution is 5.78. The molecule has 1 aliphatic rings. The Morgan fingerprint density at radius 2 is 2.00 bits per heavy atom. The summed E-state index contributed by atoms with van der Waals surface area (Å²) in [5, 5.41) is 0. The highest BCUT2D eigenvalue weighted by atomic mass is 16.2. The van der Waals surface area contributed by atoms with Gasteiger partial charge in [0.2, 0.25) is 5.91 Å². The molecular formula is C12H17N3O. The number of nitrogens with zero attached hydrogens (tertiary/aromatic N) is 2. The number of likely N-dealkylation sites (tertiary alicyclic amines) is 1. The number of rotatable bonds is 2. The molecule has 2 rings (SSSR count). The van der Waals surface area contributed by atoms with E-state index in [1.807, 2.05) is 17.3 Å². The second-order valence-electron chi connectivity index (χ2n) is 4.14. The predicted molar refractivity (Wildman–Crippen MR) is 61.8 cm³/mol. The first kappa shape index (κ1) is 11.1. The van der Waals surface area contributed by atoms with Gasteiger partial charge in [0.05, 0.1) is 6.54 Å². The zero-order chi connectivity index (χ0) is 11.4. The van der Waals surface area contributed by atoms with Crippen LogP contribution in [0.5, 0.6) is 0 Å². The van der Waals surface area contributed by atoms with E-state index in [-0.39, 0.29) is 12.5 Å². The lowest BCUT2D eigenvalue weighted by atomic mass is 9.90. The molecule has 4 nitrogen and oxygen atoms in total. The fraction of sp³-hybridized carbons (Fsp3) is 0.500. The van der Waals surface area contributed by atoms with E-state index in [1.54, 1.807) is 0 Å². The average molecular weight is 219 g/mol. The van der Waals surface area contributed by atoms with Gasteiger partial charge in [0.1, 0.15) is 0 Å². The maximum Gasteiger partial charge on any atom is 0.236 e. The van der Waals surface area contributed by atoms with E-state index in [4.69, 9.17) is 5.73 Å². The van der Waals surface area contributed by atoms with Gasteiger partial charge >= 0.3 is 0 Å². The monoisotopic (exact) mass is 219 g/mol. The summed E-state index contributed by atoms with van der Waals surface area (Å²) >= 11 is 0. The largest absolute Gasteiger partial charge is 0.342 e. The van der Waals surface area contributed by atoms with Crippen LogP contribution in [0.25, 0.3) is 0 Å². The second-order valence-corrected chi connectivity index (χ2v) is 4.14. The summed E-state index contributed by atoms with van der Waals surface area (Å²) in [6, 6.07) is 4.12. The number of amides is 1. The van der Waals surface area contributed by atoms with E-state index in [9.17, 15) is 4.79 Å². The lowest BCUT2D eigenvalue weighted by molar-refractivity contribution is -0.130. The van der Waals surface area contributed by atoms with Crippen molar-refractivity contribution in [3.8, 4) is 0 Å². The predicted octanol–water partition coefficient (Wildman–Crippen LogP) is 0.746. The number of piperidine rings is 1. The van der Waals surface area contributed by atoms with Gasteiger partial charge in [-0.15, -0.1) is 0 Å². The zero-order valence-corrected chi connectivity index (χ0v) is 9.30. The molecule has 1 saturated heterocycles. The third kappa shape index (κ3) is 2.39. The number of nitrogens with two attached hydrogens (primary N) is 1. The highest BCUT2D eigenvalue weighted by Crippen LogP contribution is 2.27. The van der Waals surface area contributed by atoms with Gasteiger partial charge in [-0.1, -0.05) is 0 Å². The summed E-state index contributed by atoms with van der Waals surface area (Å²) in [5.74, 6) is 0.623. The van der Waals surface area contributed by atoms with Gasteiger partial charge in [-0.3, -0.25) is 9.78 Å². The van der Waals surface area contributed by atoms with Crippen LogP contribution < -0.4 is 5.73 Å². The topological polar surface area (TPSA) is 59.2 Å². The quantitative estimate of drug-likeness (QED) is 0.798. The van der Waals surface area contributed by atoms with Gasteiger partial charge in [-0.2, -0.15) is 0 Å². The van der Waals surface area contributed by atoms with Crippen LogP contribution in [0, 0.1) is 0 Å². The molecule has 0 unspecified atom stereocenters. The van der Waals surface area contributed by atoms with Crippen molar-refractivity contribution in [2.45, 2.75) is 18.8 Å². The maximum atomic E-state index is 11.4. The van der Waals surface area contributed by atoms with E-state index < -0.39 is 0 Å². The van der Waals surface area contributed by atoms with Crippen LogP contribution in [0.4, 0.5) is 0 Å². The molecule has 1 aromatic heterocycles. The summed E-state index contributed by atoms with van der Waals surface area (Å²) in [6.45, 7) is 1.77. The number of pyridine rings is 1. The van der Waals surface area contributed by atoms with Crippen LogP contribution in [0.1, 0.15) is 24.3 Å². The van der Waals surface area contributed by atoms with E-state index in [1.165, 1.54) is 5.56 Å². The van der Waals surface area contributed by atoms with Crippen molar-refractivity contribution < 1.29 is 4.79 Å². The second kappa shape index (κ2) is 5.07. The molecule has 86 valence electrons. The molecule has 0 spiro atoms. The molecule has 2 N–H and O–H groups in total. The van der Waals surface area contributed by atoms with Crippen LogP contribution in [0.2, 0.25) is 0 Å². The van der Waals surface area contributed by atoms with Gasteiger partial charge in [-0.05, 0) is 36.5 Å². The third-order valence-corrected chi connectivity index (χ3v) is 3.20. The Morgan fingerprint density at radius 1 is 1.38 bits per heavy atom. The molecule has 0 aromatic carbocycles. The van der Waals surface area contributed by atoms with Crippen LogP contribution >= 0.6 is 0 Å². The fourth-order valence-corrected chi connectivity index (χ4v) is 2.23. The van der Waals surface area contributed by atoms with Crippen molar-refractivity contribution in [2.24, 2.45) is 5.73 Å². The van der Waals surface area contributed by atoms with Gasteiger partial charge < -0.3 is 10.6 Å². The molecule has 16 heavy (non-hydrogen) atoms. The minimum atomic E-state index is 0.0631. The Bertz CT molecular complexity index is 345. The Kier molecular flexibility index (Phi) is 3.51. The van der Waals surface area contributed by atoms with Crippen molar-refractivity contribution in [3.05, 3.63) is 30.1 Å². The molecule has 1 amide bonds. The molecule has 4 heteroatoms. The number of aromatic nitrogens is 1. The maximum absolute atomic E-state index is 11.4. The van der Waals surface area contributed by atoms with E-state index in [0.717, 1.165) is 25.9 Å². The van der Waals surface area contributed by atoms with Gasteiger partial charge in [0.15, 0.2) is 0 Å². The van der Waals surface area contributed by atoms with Crippen molar-refractivity contribution in [3.63, 3.8) is 0 Å². The molecule has 0 aliphatic carbocycles. The molecule has 1 aliphatic heterocycles. The Hall–Kier alpha value is -1.42. The van der Waals surface area contributed by atoms with Gasteiger partial charge in [0.25, 0.3) is 0 Å². The molecule has 0 atom stereocenters.